The van der Waals surface area contributed by atoms with Crippen molar-refractivity contribution >= 4 is 5.82 Å². The quantitative estimate of drug-likeness (QED) is 0.796. The van der Waals surface area contributed by atoms with Crippen molar-refractivity contribution in [2.75, 3.05) is 5.32 Å². The van der Waals surface area contributed by atoms with E-state index in [9.17, 15) is 0 Å². The number of anilines is 1. The molecule has 0 aliphatic heterocycles. The van der Waals surface area contributed by atoms with Gasteiger partial charge in [0.25, 0.3) is 0 Å². The first-order valence-corrected chi connectivity index (χ1v) is 4.80. The molecule has 1 atom stereocenters. The van der Waals surface area contributed by atoms with Gasteiger partial charge in [-0.1, -0.05) is 0 Å². The summed E-state index contributed by atoms with van der Waals surface area (Å²) in [6.07, 6.45) is 3.28. The number of aryl methyl sites for hydroxylation is 1. The van der Waals surface area contributed by atoms with Crippen LogP contribution in [0.4, 0.5) is 5.82 Å². The number of H-pyrrole nitrogens is 1. The fraction of sp³-hybridized carbons (Fsp3) is 0.300. The van der Waals surface area contributed by atoms with Crippen LogP contribution in [0.2, 0.25) is 0 Å². The van der Waals surface area contributed by atoms with E-state index in [-0.39, 0.29) is 6.04 Å². The molecule has 0 spiro atoms. The van der Waals surface area contributed by atoms with Crippen LogP contribution < -0.4 is 5.32 Å². The second kappa shape index (κ2) is 4.08. The SMILES string of the molecule is Cc1ccnc(NC(C)c2ncn[nH]2)c1. The van der Waals surface area contributed by atoms with Gasteiger partial charge >= 0.3 is 0 Å². The molecule has 5 nitrogen and oxygen atoms in total. The molecule has 0 radical (unpaired) electrons. The third kappa shape index (κ3) is 2.31. The zero-order valence-corrected chi connectivity index (χ0v) is 8.73. The van der Waals surface area contributed by atoms with Gasteiger partial charge in [-0.3, -0.25) is 5.10 Å². The van der Waals surface area contributed by atoms with Crippen LogP contribution in [0.5, 0.6) is 0 Å². The van der Waals surface area contributed by atoms with Crippen LogP contribution in [0.15, 0.2) is 24.7 Å². The zero-order valence-electron chi connectivity index (χ0n) is 8.73. The minimum atomic E-state index is 0.0711. The van der Waals surface area contributed by atoms with Gasteiger partial charge < -0.3 is 5.32 Å². The molecular weight excluding hydrogens is 190 g/mol. The average molecular weight is 203 g/mol. The fourth-order valence-corrected chi connectivity index (χ4v) is 1.33. The molecule has 0 amide bonds. The number of nitrogens with one attached hydrogen (secondary N) is 2. The Balaban J connectivity index is 2.09. The number of aromatic nitrogens is 4. The van der Waals surface area contributed by atoms with E-state index in [4.69, 9.17) is 0 Å². The smallest absolute Gasteiger partial charge is 0.146 e. The number of hydrogen-bond acceptors (Lipinski definition) is 4. The zero-order chi connectivity index (χ0) is 10.7. The third-order valence-electron chi connectivity index (χ3n) is 2.12. The van der Waals surface area contributed by atoms with Crippen molar-refractivity contribution in [2.45, 2.75) is 19.9 Å². The lowest BCUT2D eigenvalue weighted by Crippen LogP contribution is -2.09. The van der Waals surface area contributed by atoms with Crippen LogP contribution in [-0.4, -0.2) is 20.2 Å². The van der Waals surface area contributed by atoms with Gasteiger partial charge in [0.1, 0.15) is 18.0 Å². The molecule has 0 bridgehead atoms. The normalized spacial score (nSPS) is 12.4. The molecule has 2 aromatic rings. The van der Waals surface area contributed by atoms with Gasteiger partial charge in [0.15, 0.2) is 0 Å². The van der Waals surface area contributed by atoms with E-state index in [1.165, 1.54) is 11.9 Å². The first-order valence-electron chi connectivity index (χ1n) is 4.80. The number of aromatic amines is 1. The highest BCUT2D eigenvalue weighted by Crippen LogP contribution is 2.13. The topological polar surface area (TPSA) is 66.5 Å². The van der Waals surface area contributed by atoms with Crippen molar-refractivity contribution in [1.82, 2.24) is 20.2 Å². The molecule has 15 heavy (non-hydrogen) atoms. The van der Waals surface area contributed by atoms with Gasteiger partial charge in [-0.2, -0.15) is 5.10 Å². The summed E-state index contributed by atoms with van der Waals surface area (Å²) < 4.78 is 0. The first kappa shape index (κ1) is 9.64. The molecule has 0 saturated carbocycles. The molecule has 0 saturated heterocycles. The summed E-state index contributed by atoms with van der Waals surface area (Å²) in [4.78, 5) is 8.29. The molecular formula is C10H13N5. The molecule has 2 rings (SSSR count). The van der Waals surface area contributed by atoms with Crippen LogP contribution >= 0.6 is 0 Å². The van der Waals surface area contributed by atoms with Crippen LogP contribution in [0.25, 0.3) is 0 Å². The number of rotatable bonds is 3. The second-order valence-corrected chi connectivity index (χ2v) is 3.46. The maximum absolute atomic E-state index is 4.22. The van der Waals surface area contributed by atoms with Gasteiger partial charge in [-0.25, -0.2) is 9.97 Å². The van der Waals surface area contributed by atoms with Crippen LogP contribution in [0.1, 0.15) is 24.4 Å². The van der Waals surface area contributed by atoms with Gasteiger partial charge in [-0.05, 0) is 31.5 Å². The predicted molar refractivity (Wildman–Crippen MR) is 57.4 cm³/mol. The Kier molecular flexibility index (Phi) is 2.62. The van der Waals surface area contributed by atoms with Crippen molar-refractivity contribution < 1.29 is 0 Å². The van der Waals surface area contributed by atoms with Gasteiger partial charge in [0.2, 0.25) is 0 Å². The molecule has 0 fully saturated rings. The van der Waals surface area contributed by atoms with E-state index in [1.807, 2.05) is 26.0 Å². The molecule has 2 aromatic heterocycles. The van der Waals surface area contributed by atoms with Crippen molar-refractivity contribution in [1.29, 1.82) is 0 Å². The van der Waals surface area contributed by atoms with E-state index in [2.05, 4.69) is 25.5 Å². The number of pyridine rings is 1. The molecule has 78 valence electrons. The monoisotopic (exact) mass is 203 g/mol. The van der Waals surface area contributed by atoms with Crippen molar-refractivity contribution in [3.63, 3.8) is 0 Å². The number of hydrogen-bond donors (Lipinski definition) is 2. The first-order chi connectivity index (χ1) is 7.25. The minimum Gasteiger partial charge on any atom is -0.360 e. The molecule has 0 aliphatic rings. The lowest BCUT2D eigenvalue weighted by molar-refractivity contribution is 0.790. The molecule has 1 unspecified atom stereocenters. The summed E-state index contributed by atoms with van der Waals surface area (Å²) in [6.45, 7) is 4.04. The van der Waals surface area contributed by atoms with Crippen LogP contribution in [0, 0.1) is 6.92 Å². The maximum Gasteiger partial charge on any atom is 0.146 e. The third-order valence-corrected chi connectivity index (χ3v) is 2.12. The van der Waals surface area contributed by atoms with E-state index >= 15 is 0 Å². The Morgan fingerprint density at radius 1 is 1.40 bits per heavy atom. The maximum atomic E-state index is 4.22. The summed E-state index contributed by atoms with van der Waals surface area (Å²) in [5, 5.41) is 9.87. The van der Waals surface area contributed by atoms with Crippen LogP contribution in [-0.2, 0) is 0 Å². The van der Waals surface area contributed by atoms with Crippen molar-refractivity contribution in [2.24, 2.45) is 0 Å². The Morgan fingerprint density at radius 2 is 2.27 bits per heavy atom. The summed E-state index contributed by atoms with van der Waals surface area (Å²) in [5.74, 6) is 1.65. The minimum absolute atomic E-state index is 0.0711. The van der Waals surface area contributed by atoms with Crippen molar-refractivity contribution in [3.8, 4) is 0 Å². The summed E-state index contributed by atoms with van der Waals surface area (Å²) in [5.41, 5.74) is 1.18. The Labute approximate surface area is 88.0 Å². The molecule has 2 N–H and O–H groups in total. The average Bonchev–Trinajstić information content (AvgIpc) is 2.70. The molecule has 2 heterocycles. The Bertz CT molecular complexity index is 423. The standard InChI is InChI=1S/C10H13N5/c1-7-3-4-11-9(5-7)14-8(2)10-12-6-13-15-10/h3-6,8H,1-2H3,(H,11,14)(H,12,13,15). The van der Waals surface area contributed by atoms with Gasteiger partial charge in [-0.15, -0.1) is 0 Å². The second-order valence-electron chi connectivity index (χ2n) is 3.46. The lowest BCUT2D eigenvalue weighted by Gasteiger charge is -2.11. The predicted octanol–water partition coefficient (Wildman–Crippen LogP) is 1.68. The molecule has 0 aromatic carbocycles. The highest BCUT2D eigenvalue weighted by Gasteiger charge is 2.07. The summed E-state index contributed by atoms with van der Waals surface area (Å²) in [7, 11) is 0. The summed E-state index contributed by atoms with van der Waals surface area (Å²) in [6, 6.07) is 4.03. The highest BCUT2D eigenvalue weighted by atomic mass is 15.2. The van der Waals surface area contributed by atoms with E-state index in [0.29, 0.717) is 0 Å². The van der Waals surface area contributed by atoms with E-state index in [0.717, 1.165) is 11.6 Å². The highest BCUT2D eigenvalue weighted by molar-refractivity contribution is 5.38. The van der Waals surface area contributed by atoms with E-state index < -0.39 is 0 Å². The lowest BCUT2D eigenvalue weighted by atomic mass is 10.2. The number of nitrogens with zero attached hydrogens (tertiary/aromatic N) is 3. The fourth-order valence-electron chi connectivity index (χ4n) is 1.33. The van der Waals surface area contributed by atoms with Crippen molar-refractivity contribution in [3.05, 3.63) is 36.0 Å². The van der Waals surface area contributed by atoms with E-state index in [1.54, 1.807) is 6.20 Å². The van der Waals surface area contributed by atoms with Gasteiger partial charge in [0, 0.05) is 6.20 Å². The summed E-state index contributed by atoms with van der Waals surface area (Å²) >= 11 is 0. The Hall–Kier alpha value is -1.91. The van der Waals surface area contributed by atoms with Crippen LogP contribution in [0.3, 0.4) is 0 Å². The van der Waals surface area contributed by atoms with Gasteiger partial charge in [0.05, 0.1) is 6.04 Å². The largest absolute Gasteiger partial charge is 0.360 e. The molecule has 5 heteroatoms. The Morgan fingerprint density at radius 3 is 2.93 bits per heavy atom. The molecule has 0 aliphatic carbocycles.